The number of carbonyl (C=O) groups is 1. The van der Waals surface area contributed by atoms with Crippen LogP contribution < -0.4 is 4.90 Å². The summed E-state index contributed by atoms with van der Waals surface area (Å²) in [4.78, 5) is 12.5. The highest BCUT2D eigenvalue weighted by atomic mass is 19.1. The number of hydrogen-bond donors (Lipinski definition) is 1. The third-order valence-corrected chi connectivity index (χ3v) is 3.55. The molecule has 1 fully saturated rings. The molecule has 0 aromatic heterocycles. The second-order valence-electron chi connectivity index (χ2n) is 4.78. The van der Waals surface area contributed by atoms with Crippen LogP contribution in [0.15, 0.2) is 24.3 Å². The van der Waals surface area contributed by atoms with E-state index >= 15 is 0 Å². The van der Waals surface area contributed by atoms with Crippen molar-refractivity contribution < 1.29 is 14.3 Å². The lowest BCUT2D eigenvalue weighted by molar-refractivity contribution is -0.131. The minimum absolute atomic E-state index is 0.284. The molecule has 0 bridgehead atoms. The number of halogens is 1. The zero-order valence-corrected chi connectivity index (χ0v) is 11.0. The van der Waals surface area contributed by atoms with Gasteiger partial charge in [-0.05, 0) is 43.0 Å². The van der Waals surface area contributed by atoms with Crippen molar-refractivity contribution in [2.24, 2.45) is 0 Å². The summed E-state index contributed by atoms with van der Waals surface area (Å²) in [5, 5.41) is 8.55. The van der Waals surface area contributed by atoms with Gasteiger partial charge in [-0.1, -0.05) is 13.0 Å². The van der Waals surface area contributed by atoms with Crippen LogP contribution in [0.25, 0.3) is 6.08 Å². The van der Waals surface area contributed by atoms with Gasteiger partial charge in [-0.3, -0.25) is 0 Å². The fraction of sp³-hybridized carbons (Fsp3) is 0.400. The Morgan fingerprint density at radius 2 is 2.37 bits per heavy atom. The van der Waals surface area contributed by atoms with Crippen molar-refractivity contribution in [3.8, 4) is 0 Å². The number of carboxylic acids is 1. The second-order valence-corrected chi connectivity index (χ2v) is 4.78. The number of anilines is 1. The van der Waals surface area contributed by atoms with Crippen LogP contribution in [0.1, 0.15) is 31.7 Å². The largest absolute Gasteiger partial charge is 0.478 e. The van der Waals surface area contributed by atoms with Gasteiger partial charge in [0.25, 0.3) is 0 Å². The number of nitrogens with zero attached hydrogens (tertiary/aromatic N) is 1. The lowest BCUT2D eigenvalue weighted by Crippen LogP contribution is -2.29. The molecule has 19 heavy (non-hydrogen) atoms. The van der Waals surface area contributed by atoms with Crippen LogP contribution in [-0.4, -0.2) is 23.7 Å². The average Bonchev–Trinajstić information content (AvgIpc) is 2.84. The Bertz CT molecular complexity index is 499. The Morgan fingerprint density at radius 1 is 1.58 bits per heavy atom. The van der Waals surface area contributed by atoms with Crippen LogP contribution in [0.2, 0.25) is 0 Å². The lowest BCUT2D eigenvalue weighted by Gasteiger charge is -2.26. The summed E-state index contributed by atoms with van der Waals surface area (Å²) in [5.74, 6) is -1.32. The fourth-order valence-electron chi connectivity index (χ4n) is 2.60. The van der Waals surface area contributed by atoms with Gasteiger partial charge in [-0.2, -0.15) is 0 Å². The molecular formula is C15H18FNO2. The number of hydrogen-bond acceptors (Lipinski definition) is 2. The van der Waals surface area contributed by atoms with Crippen molar-refractivity contribution in [1.82, 2.24) is 0 Å². The highest BCUT2D eigenvalue weighted by Gasteiger charge is 2.24. The van der Waals surface area contributed by atoms with Crippen LogP contribution in [0, 0.1) is 5.82 Å². The molecule has 0 amide bonds. The van der Waals surface area contributed by atoms with Gasteiger partial charge in [0.2, 0.25) is 0 Å². The van der Waals surface area contributed by atoms with Gasteiger partial charge in [0.15, 0.2) is 0 Å². The number of carboxylic acid groups (broad SMARTS) is 1. The molecule has 3 nitrogen and oxygen atoms in total. The molecule has 1 saturated heterocycles. The van der Waals surface area contributed by atoms with E-state index in [1.54, 1.807) is 12.1 Å². The summed E-state index contributed by atoms with van der Waals surface area (Å²) in [7, 11) is 0. The Balaban J connectivity index is 2.22. The standard InChI is InChI=1S/C15H18FNO2/c1-2-12-4-3-9-17(12)14-7-5-11(10-13(14)16)6-8-15(18)19/h5-8,10,12H,2-4,9H2,1H3,(H,18,19)/b8-6+. The Kier molecular flexibility index (Phi) is 4.20. The van der Waals surface area contributed by atoms with E-state index in [2.05, 4.69) is 11.8 Å². The summed E-state index contributed by atoms with van der Waals surface area (Å²) in [6, 6.07) is 5.29. The maximum atomic E-state index is 14.1. The molecule has 0 saturated carbocycles. The molecule has 102 valence electrons. The summed E-state index contributed by atoms with van der Waals surface area (Å²) >= 11 is 0. The first-order valence-electron chi connectivity index (χ1n) is 6.59. The van der Waals surface area contributed by atoms with Crippen LogP contribution in [-0.2, 0) is 4.79 Å². The first kappa shape index (κ1) is 13.6. The summed E-state index contributed by atoms with van der Waals surface area (Å²) < 4.78 is 14.1. The number of aliphatic carboxylic acids is 1. The van der Waals surface area contributed by atoms with Crippen molar-refractivity contribution in [2.45, 2.75) is 32.2 Å². The first-order chi connectivity index (χ1) is 9.11. The minimum atomic E-state index is -1.03. The van der Waals surface area contributed by atoms with E-state index in [0.717, 1.165) is 31.9 Å². The smallest absolute Gasteiger partial charge is 0.328 e. The molecule has 1 atom stereocenters. The SMILES string of the molecule is CCC1CCCN1c1ccc(/C=C/C(=O)O)cc1F. The molecule has 1 aromatic rings. The second kappa shape index (κ2) is 5.87. The van der Waals surface area contributed by atoms with E-state index in [-0.39, 0.29) is 5.82 Å². The fourth-order valence-corrected chi connectivity index (χ4v) is 2.60. The van der Waals surface area contributed by atoms with Crippen LogP contribution in [0.5, 0.6) is 0 Å². The third-order valence-electron chi connectivity index (χ3n) is 3.55. The average molecular weight is 263 g/mol. The quantitative estimate of drug-likeness (QED) is 0.847. The maximum absolute atomic E-state index is 14.1. The zero-order chi connectivity index (χ0) is 13.8. The number of benzene rings is 1. The van der Waals surface area contributed by atoms with E-state index in [4.69, 9.17) is 5.11 Å². The predicted octanol–water partition coefficient (Wildman–Crippen LogP) is 3.30. The molecule has 1 aromatic carbocycles. The van der Waals surface area contributed by atoms with Crippen LogP contribution in [0.3, 0.4) is 0 Å². The monoisotopic (exact) mass is 263 g/mol. The van der Waals surface area contributed by atoms with Gasteiger partial charge in [-0.25, -0.2) is 9.18 Å². The zero-order valence-electron chi connectivity index (χ0n) is 11.0. The number of rotatable bonds is 4. The lowest BCUT2D eigenvalue weighted by atomic mass is 10.1. The summed E-state index contributed by atoms with van der Waals surface area (Å²) in [5.41, 5.74) is 1.19. The maximum Gasteiger partial charge on any atom is 0.328 e. The molecule has 1 unspecified atom stereocenters. The molecule has 1 heterocycles. The Labute approximate surface area is 112 Å². The van der Waals surface area contributed by atoms with Gasteiger partial charge in [0.05, 0.1) is 5.69 Å². The molecule has 1 N–H and O–H groups in total. The Morgan fingerprint density at radius 3 is 3.00 bits per heavy atom. The van der Waals surface area contributed by atoms with E-state index in [9.17, 15) is 9.18 Å². The van der Waals surface area contributed by atoms with Gasteiger partial charge in [-0.15, -0.1) is 0 Å². The predicted molar refractivity (Wildman–Crippen MR) is 73.7 cm³/mol. The van der Waals surface area contributed by atoms with E-state index in [1.807, 2.05) is 0 Å². The van der Waals surface area contributed by atoms with Gasteiger partial charge in [0, 0.05) is 18.7 Å². The normalized spacial score (nSPS) is 19.3. The van der Waals surface area contributed by atoms with Crippen LogP contribution in [0.4, 0.5) is 10.1 Å². The summed E-state index contributed by atoms with van der Waals surface area (Å²) in [6.07, 6.45) is 5.63. The van der Waals surface area contributed by atoms with Crippen LogP contribution >= 0.6 is 0 Å². The molecule has 0 aliphatic carbocycles. The van der Waals surface area contributed by atoms with E-state index in [1.165, 1.54) is 12.1 Å². The highest BCUT2D eigenvalue weighted by molar-refractivity contribution is 5.85. The van der Waals surface area contributed by atoms with Gasteiger partial charge >= 0.3 is 5.97 Å². The summed E-state index contributed by atoms with van der Waals surface area (Å²) in [6.45, 7) is 3.00. The molecular weight excluding hydrogens is 245 g/mol. The van der Waals surface area contributed by atoms with Crippen molar-refractivity contribution in [3.63, 3.8) is 0 Å². The van der Waals surface area contributed by atoms with Crippen molar-refractivity contribution in [1.29, 1.82) is 0 Å². The molecule has 0 spiro atoms. The minimum Gasteiger partial charge on any atom is -0.478 e. The van der Waals surface area contributed by atoms with Crippen molar-refractivity contribution >= 4 is 17.7 Å². The van der Waals surface area contributed by atoms with E-state index in [0.29, 0.717) is 17.3 Å². The molecule has 2 rings (SSSR count). The highest BCUT2D eigenvalue weighted by Crippen LogP contribution is 2.30. The molecule has 1 aliphatic heterocycles. The van der Waals surface area contributed by atoms with Gasteiger partial charge < -0.3 is 10.0 Å². The first-order valence-corrected chi connectivity index (χ1v) is 6.59. The molecule has 4 heteroatoms. The van der Waals surface area contributed by atoms with Crippen molar-refractivity contribution in [2.75, 3.05) is 11.4 Å². The molecule has 0 radical (unpaired) electrons. The van der Waals surface area contributed by atoms with E-state index < -0.39 is 5.97 Å². The Hall–Kier alpha value is -1.84. The molecule has 1 aliphatic rings. The third kappa shape index (κ3) is 3.13. The van der Waals surface area contributed by atoms with Crippen molar-refractivity contribution in [3.05, 3.63) is 35.7 Å². The van der Waals surface area contributed by atoms with Gasteiger partial charge in [0.1, 0.15) is 5.82 Å². The topological polar surface area (TPSA) is 40.5 Å².